The van der Waals surface area contributed by atoms with E-state index in [-0.39, 0.29) is 12.4 Å². The Labute approximate surface area is 77.0 Å². The standard InChI is InChI=1S/C10H13FO2/c1-7-5-9(13-2)6-8(3-4-12)10(7)11/h5-6,12H,3-4H2,1-2H3. The van der Waals surface area contributed by atoms with Crippen molar-refractivity contribution in [2.45, 2.75) is 13.3 Å². The van der Waals surface area contributed by atoms with Crippen LogP contribution in [0.1, 0.15) is 11.1 Å². The zero-order valence-electron chi connectivity index (χ0n) is 7.80. The van der Waals surface area contributed by atoms with Gasteiger partial charge in [0.25, 0.3) is 0 Å². The van der Waals surface area contributed by atoms with Gasteiger partial charge < -0.3 is 9.84 Å². The maximum absolute atomic E-state index is 13.3. The Morgan fingerprint density at radius 2 is 2.15 bits per heavy atom. The van der Waals surface area contributed by atoms with Gasteiger partial charge in [0, 0.05) is 6.61 Å². The Bertz CT molecular complexity index is 297. The van der Waals surface area contributed by atoms with Crippen molar-refractivity contribution in [1.29, 1.82) is 0 Å². The topological polar surface area (TPSA) is 29.5 Å². The summed E-state index contributed by atoms with van der Waals surface area (Å²) in [6, 6.07) is 3.24. The Morgan fingerprint density at radius 1 is 1.46 bits per heavy atom. The van der Waals surface area contributed by atoms with E-state index in [1.807, 2.05) is 0 Å². The van der Waals surface area contributed by atoms with E-state index in [4.69, 9.17) is 9.84 Å². The number of methoxy groups -OCH3 is 1. The van der Waals surface area contributed by atoms with Gasteiger partial charge in [-0.3, -0.25) is 0 Å². The van der Waals surface area contributed by atoms with Crippen molar-refractivity contribution >= 4 is 0 Å². The third-order valence-corrected chi connectivity index (χ3v) is 1.92. The van der Waals surface area contributed by atoms with Gasteiger partial charge >= 0.3 is 0 Å². The molecule has 1 aromatic rings. The molecule has 0 saturated heterocycles. The quantitative estimate of drug-likeness (QED) is 0.774. The first-order valence-corrected chi connectivity index (χ1v) is 4.13. The lowest BCUT2D eigenvalue weighted by atomic mass is 10.1. The summed E-state index contributed by atoms with van der Waals surface area (Å²) >= 11 is 0. The fraction of sp³-hybridized carbons (Fsp3) is 0.400. The van der Waals surface area contributed by atoms with Crippen LogP contribution >= 0.6 is 0 Å². The molecule has 0 aromatic heterocycles. The fourth-order valence-corrected chi connectivity index (χ4v) is 1.23. The highest BCUT2D eigenvalue weighted by atomic mass is 19.1. The SMILES string of the molecule is COc1cc(C)c(F)c(CCO)c1. The molecular weight excluding hydrogens is 171 g/mol. The van der Waals surface area contributed by atoms with Crippen LogP contribution in [-0.4, -0.2) is 18.8 Å². The van der Waals surface area contributed by atoms with Crippen LogP contribution in [-0.2, 0) is 6.42 Å². The highest BCUT2D eigenvalue weighted by molar-refractivity contribution is 5.35. The first kappa shape index (κ1) is 9.99. The van der Waals surface area contributed by atoms with Gasteiger partial charge in [-0.2, -0.15) is 0 Å². The molecule has 0 fully saturated rings. The predicted octanol–water partition coefficient (Wildman–Crippen LogP) is 1.68. The van der Waals surface area contributed by atoms with E-state index in [1.165, 1.54) is 7.11 Å². The predicted molar refractivity (Wildman–Crippen MR) is 48.5 cm³/mol. The van der Waals surface area contributed by atoms with Gasteiger partial charge in [-0.1, -0.05) is 0 Å². The second-order valence-corrected chi connectivity index (χ2v) is 2.89. The van der Waals surface area contributed by atoms with Crippen molar-refractivity contribution < 1.29 is 14.2 Å². The van der Waals surface area contributed by atoms with Gasteiger partial charge in [-0.25, -0.2) is 4.39 Å². The van der Waals surface area contributed by atoms with E-state index in [0.29, 0.717) is 23.3 Å². The second-order valence-electron chi connectivity index (χ2n) is 2.89. The number of hydrogen-bond acceptors (Lipinski definition) is 2. The number of aliphatic hydroxyl groups is 1. The average molecular weight is 184 g/mol. The Morgan fingerprint density at radius 3 is 2.69 bits per heavy atom. The van der Waals surface area contributed by atoms with E-state index in [2.05, 4.69) is 0 Å². The Hall–Kier alpha value is -1.09. The molecule has 0 spiro atoms. The van der Waals surface area contributed by atoms with Crippen LogP contribution in [0.15, 0.2) is 12.1 Å². The van der Waals surface area contributed by atoms with E-state index >= 15 is 0 Å². The van der Waals surface area contributed by atoms with Crippen LogP contribution in [0.5, 0.6) is 5.75 Å². The summed E-state index contributed by atoms with van der Waals surface area (Å²) in [5.41, 5.74) is 1.04. The summed E-state index contributed by atoms with van der Waals surface area (Å²) < 4.78 is 18.3. The summed E-state index contributed by atoms with van der Waals surface area (Å²) in [6.07, 6.45) is 0.323. The van der Waals surface area contributed by atoms with Crippen LogP contribution in [0.25, 0.3) is 0 Å². The molecule has 0 bridgehead atoms. The third-order valence-electron chi connectivity index (χ3n) is 1.92. The molecule has 0 aliphatic rings. The molecule has 0 atom stereocenters. The first-order valence-electron chi connectivity index (χ1n) is 4.13. The highest BCUT2D eigenvalue weighted by Gasteiger charge is 2.07. The van der Waals surface area contributed by atoms with Crippen molar-refractivity contribution in [2.75, 3.05) is 13.7 Å². The third kappa shape index (κ3) is 2.18. The van der Waals surface area contributed by atoms with E-state index in [9.17, 15) is 4.39 Å². The van der Waals surface area contributed by atoms with Gasteiger partial charge in [-0.15, -0.1) is 0 Å². The fourth-order valence-electron chi connectivity index (χ4n) is 1.23. The normalized spacial score (nSPS) is 10.2. The molecule has 1 N–H and O–H groups in total. The van der Waals surface area contributed by atoms with Crippen LogP contribution in [0.2, 0.25) is 0 Å². The summed E-state index contributed by atoms with van der Waals surface area (Å²) in [4.78, 5) is 0. The van der Waals surface area contributed by atoms with Gasteiger partial charge in [-0.05, 0) is 36.6 Å². The lowest BCUT2D eigenvalue weighted by Gasteiger charge is -2.07. The van der Waals surface area contributed by atoms with Crippen LogP contribution in [0, 0.1) is 12.7 Å². The number of aliphatic hydroxyl groups excluding tert-OH is 1. The first-order chi connectivity index (χ1) is 6.19. The minimum absolute atomic E-state index is 0.0521. The van der Waals surface area contributed by atoms with Gasteiger partial charge in [0.2, 0.25) is 0 Å². The number of ether oxygens (including phenoxy) is 1. The zero-order chi connectivity index (χ0) is 9.84. The molecular formula is C10H13FO2. The maximum atomic E-state index is 13.3. The second kappa shape index (κ2) is 4.23. The lowest BCUT2D eigenvalue weighted by Crippen LogP contribution is -1.98. The lowest BCUT2D eigenvalue weighted by molar-refractivity contribution is 0.297. The molecule has 0 saturated carbocycles. The monoisotopic (exact) mass is 184 g/mol. The van der Waals surface area contributed by atoms with Crippen LogP contribution in [0.4, 0.5) is 4.39 Å². The summed E-state index contributed by atoms with van der Waals surface area (Å²) in [7, 11) is 1.54. The molecule has 3 heteroatoms. The smallest absolute Gasteiger partial charge is 0.129 e. The molecule has 0 unspecified atom stereocenters. The van der Waals surface area contributed by atoms with E-state index in [0.717, 1.165) is 0 Å². The molecule has 72 valence electrons. The number of benzene rings is 1. The number of halogens is 1. The highest BCUT2D eigenvalue weighted by Crippen LogP contribution is 2.20. The zero-order valence-corrected chi connectivity index (χ0v) is 7.80. The molecule has 0 aliphatic carbocycles. The summed E-state index contributed by atoms with van der Waals surface area (Å²) in [5, 5.41) is 8.69. The minimum Gasteiger partial charge on any atom is -0.497 e. The Kier molecular flexibility index (Phi) is 3.25. The number of aryl methyl sites for hydroxylation is 1. The summed E-state index contributed by atoms with van der Waals surface area (Å²) in [6.45, 7) is 1.63. The average Bonchev–Trinajstić information content (AvgIpc) is 2.13. The van der Waals surface area contributed by atoms with E-state index < -0.39 is 0 Å². The van der Waals surface area contributed by atoms with Crippen LogP contribution < -0.4 is 4.74 Å². The molecule has 0 radical (unpaired) electrons. The maximum Gasteiger partial charge on any atom is 0.129 e. The van der Waals surface area contributed by atoms with Gasteiger partial charge in [0.15, 0.2) is 0 Å². The molecule has 2 nitrogen and oxygen atoms in total. The van der Waals surface area contributed by atoms with Gasteiger partial charge in [0.1, 0.15) is 11.6 Å². The largest absolute Gasteiger partial charge is 0.497 e. The molecule has 0 aliphatic heterocycles. The van der Waals surface area contributed by atoms with Crippen molar-refractivity contribution in [1.82, 2.24) is 0 Å². The van der Waals surface area contributed by atoms with Crippen molar-refractivity contribution in [2.24, 2.45) is 0 Å². The number of hydrogen-bond donors (Lipinski definition) is 1. The molecule has 13 heavy (non-hydrogen) atoms. The summed E-state index contributed by atoms with van der Waals surface area (Å²) in [5.74, 6) is 0.372. The molecule has 1 aromatic carbocycles. The Balaban J connectivity index is 3.09. The molecule has 0 amide bonds. The van der Waals surface area contributed by atoms with Crippen molar-refractivity contribution in [3.63, 3.8) is 0 Å². The van der Waals surface area contributed by atoms with Crippen molar-refractivity contribution in [3.05, 3.63) is 29.1 Å². The molecule has 0 heterocycles. The minimum atomic E-state index is -0.255. The van der Waals surface area contributed by atoms with Crippen molar-refractivity contribution in [3.8, 4) is 5.75 Å². The van der Waals surface area contributed by atoms with Gasteiger partial charge in [0.05, 0.1) is 7.11 Å². The molecule has 1 rings (SSSR count). The number of rotatable bonds is 3. The van der Waals surface area contributed by atoms with E-state index in [1.54, 1.807) is 19.1 Å². The van der Waals surface area contributed by atoms with Crippen LogP contribution in [0.3, 0.4) is 0 Å².